The summed E-state index contributed by atoms with van der Waals surface area (Å²) >= 11 is 0. The van der Waals surface area contributed by atoms with E-state index in [-0.39, 0.29) is 36.7 Å². The van der Waals surface area contributed by atoms with Crippen molar-refractivity contribution in [3.63, 3.8) is 0 Å². The fourth-order valence-electron chi connectivity index (χ4n) is 6.00. The Labute approximate surface area is 205 Å². The standard InChI is InChI=1S/C28H32N2O5/c1-2-18(14-25(31)30-13-7-8-19-15-28(19,30)26(32)33)16-29-27(34)35-17-24-22-11-5-3-9-20(22)21-10-4-6-12-23(21)24/h3-6,9-12,18-19,24H,2,7-8,13-17H2,1H3,(H,29,34)(H,32,33)/t18?,19-,28+/m1/s1. The highest BCUT2D eigenvalue weighted by molar-refractivity contribution is 5.90. The lowest BCUT2D eigenvalue weighted by atomic mass is 9.97. The Morgan fingerprint density at radius 1 is 1.11 bits per heavy atom. The molecule has 3 aliphatic rings. The quantitative estimate of drug-likeness (QED) is 0.589. The lowest BCUT2D eigenvalue weighted by Gasteiger charge is -2.34. The molecule has 2 aromatic carbocycles. The number of benzene rings is 2. The summed E-state index contributed by atoms with van der Waals surface area (Å²) in [6.45, 7) is 3.03. The number of nitrogens with one attached hydrogen (secondary N) is 1. The van der Waals surface area contributed by atoms with Gasteiger partial charge in [-0.2, -0.15) is 0 Å². The number of carbonyl (C=O) groups is 3. The molecule has 2 aliphatic carbocycles. The van der Waals surface area contributed by atoms with Gasteiger partial charge < -0.3 is 20.1 Å². The molecule has 2 aromatic rings. The SMILES string of the molecule is CCC(CNC(=O)OCC1c2ccccc2-c2ccccc21)CC(=O)N1CCC[C@@H]2C[C@@]21C(=O)O. The van der Waals surface area contributed by atoms with Crippen LogP contribution in [-0.2, 0) is 14.3 Å². The first-order chi connectivity index (χ1) is 17.0. The highest BCUT2D eigenvalue weighted by Crippen LogP contribution is 2.54. The maximum absolute atomic E-state index is 13.0. The number of amides is 2. The van der Waals surface area contributed by atoms with Crippen molar-refractivity contribution in [1.29, 1.82) is 0 Å². The van der Waals surface area contributed by atoms with Crippen LogP contribution >= 0.6 is 0 Å². The van der Waals surface area contributed by atoms with Gasteiger partial charge >= 0.3 is 12.1 Å². The number of carboxylic acids is 1. The first-order valence-corrected chi connectivity index (χ1v) is 12.6. The monoisotopic (exact) mass is 476 g/mol. The minimum atomic E-state index is -0.992. The molecule has 1 saturated carbocycles. The van der Waals surface area contributed by atoms with Gasteiger partial charge in [-0.05, 0) is 53.4 Å². The smallest absolute Gasteiger partial charge is 0.407 e. The van der Waals surface area contributed by atoms with Gasteiger partial charge in [-0.1, -0.05) is 61.9 Å². The number of fused-ring (bicyclic) bond motifs is 4. The molecule has 7 heteroatoms. The molecule has 35 heavy (non-hydrogen) atoms. The zero-order valence-electron chi connectivity index (χ0n) is 20.0. The number of nitrogens with zero attached hydrogens (tertiary/aromatic N) is 1. The second-order valence-corrected chi connectivity index (χ2v) is 10.0. The summed E-state index contributed by atoms with van der Waals surface area (Å²) in [5.41, 5.74) is 3.68. The van der Waals surface area contributed by atoms with Gasteiger partial charge in [0.05, 0.1) is 0 Å². The van der Waals surface area contributed by atoms with Crippen molar-refractivity contribution in [3.8, 4) is 11.1 Å². The fraction of sp³-hybridized carbons (Fsp3) is 0.464. The van der Waals surface area contributed by atoms with Gasteiger partial charge in [0.15, 0.2) is 0 Å². The Morgan fingerprint density at radius 3 is 2.40 bits per heavy atom. The fourth-order valence-corrected chi connectivity index (χ4v) is 6.00. The third kappa shape index (κ3) is 4.17. The van der Waals surface area contributed by atoms with Crippen LogP contribution in [0.25, 0.3) is 11.1 Å². The van der Waals surface area contributed by atoms with E-state index in [0.717, 1.165) is 24.0 Å². The number of carboxylic acid groups (broad SMARTS) is 1. The molecule has 1 aliphatic heterocycles. The highest BCUT2D eigenvalue weighted by Gasteiger charge is 2.66. The van der Waals surface area contributed by atoms with Gasteiger partial charge in [0, 0.05) is 25.4 Å². The normalized spacial score (nSPS) is 23.0. The number of rotatable bonds is 8. The molecule has 2 N–H and O–H groups in total. The summed E-state index contributed by atoms with van der Waals surface area (Å²) in [5, 5.41) is 12.5. The number of hydrogen-bond donors (Lipinski definition) is 2. The highest BCUT2D eigenvalue weighted by atomic mass is 16.5. The number of likely N-dealkylation sites (tertiary alicyclic amines) is 1. The van der Waals surface area contributed by atoms with E-state index in [0.29, 0.717) is 25.9 Å². The van der Waals surface area contributed by atoms with E-state index < -0.39 is 17.6 Å². The average molecular weight is 477 g/mol. The van der Waals surface area contributed by atoms with E-state index in [2.05, 4.69) is 29.6 Å². The Morgan fingerprint density at radius 2 is 1.77 bits per heavy atom. The summed E-state index contributed by atoms with van der Waals surface area (Å²) in [4.78, 5) is 39.0. The molecular weight excluding hydrogens is 444 g/mol. The van der Waals surface area contributed by atoms with Crippen LogP contribution in [0, 0.1) is 11.8 Å². The Hall–Kier alpha value is -3.35. The second kappa shape index (κ2) is 9.36. The van der Waals surface area contributed by atoms with E-state index in [1.807, 2.05) is 31.2 Å². The Bertz CT molecular complexity index is 1100. The largest absolute Gasteiger partial charge is 0.479 e. The molecule has 1 heterocycles. The lowest BCUT2D eigenvalue weighted by molar-refractivity contribution is -0.155. The van der Waals surface area contributed by atoms with Crippen LogP contribution < -0.4 is 5.32 Å². The van der Waals surface area contributed by atoms with Gasteiger partial charge in [0.1, 0.15) is 12.1 Å². The molecule has 184 valence electrons. The van der Waals surface area contributed by atoms with Crippen LogP contribution in [0.15, 0.2) is 48.5 Å². The van der Waals surface area contributed by atoms with Crippen molar-refractivity contribution in [2.45, 2.75) is 50.5 Å². The van der Waals surface area contributed by atoms with Gasteiger partial charge in [-0.25, -0.2) is 9.59 Å². The molecule has 3 atom stereocenters. The number of ether oxygens (including phenoxy) is 1. The third-order valence-corrected chi connectivity index (χ3v) is 8.08. The van der Waals surface area contributed by atoms with Crippen molar-refractivity contribution >= 4 is 18.0 Å². The topological polar surface area (TPSA) is 95.9 Å². The van der Waals surface area contributed by atoms with Crippen LogP contribution in [-0.4, -0.2) is 53.2 Å². The molecule has 2 amide bonds. The van der Waals surface area contributed by atoms with Gasteiger partial charge in [-0.15, -0.1) is 0 Å². The second-order valence-electron chi connectivity index (χ2n) is 10.0. The molecule has 5 rings (SSSR count). The van der Waals surface area contributed by atoms with Crippen LogP contribution in [0.1, 0.15) is 56.1 Å². The molecule has 1 unspecified atom stereocenters. The molecule has 0 spiro atoms. The van der Waals surface area contributed by atoms with Crippen molar-refractivity contribution in [2.75, 3.05) is 19.7 Å². The van der Waals surface area contributed by atoms with Crippen LogP contribution in [0.2, 0.25) is 0 Å². The van der Waals surface area contributed by atoms with E-state index in [1.54, 1.807) is 4.90 Å². The van der Waals surface area contributed by atoms with E-state index in [1.165, 1.54) is 11.1 Å². The first-order valence-electron chi connectivity index (χ1n) is 12.6. The number of carbonyl (C=O) groups excluding carboxylic acids is 2. The molecular formula is C28H32N2O5. The van der Waals surface area contributed by atoms with E-state index in [9.17, 15) is 19.5 Å². The van der Waals surface area contributed by atoms with Crippen molar-refractivity contribution in [2.24, 2.45) is 11.8 Å². The summed E-state index contributed by atoms with van der Waals surface area (Å²) in [7, 11) is 0. The number of alkyl carbamates (subject to hydrolysis) is 1. The third-order valence-electron chi connectivity index (χ3n) is 8.08. The summed E-state index contributed by atoms with van der Waals surface area (Å²) in [6, 6.07) is 16.4. The predicted molar refractivity (Wildman–Crippen MR) is 131 cm³/mol. The minimum Gasteiger partial charge on any atom is -0.479 e. The Kier molecular flexibility index (Phi) is 6.26. The minimum absolute atomic E-state index is 0.00510. The molecule has 2 fully saturated rings. The number of hydrogen-bond acceptors (Lipinski definition) is 4. The first kappa shape index (κ1) is 23.4. The van der Waals surface area contributed by atoms with E-state index in [4.69, 9.17) is 4.74 Å². The van der Waals surface area contributed by atoms with Gasteiger partial charge in [-0.3, -0.25) is 4.79 Å². The summed E-state index contributed by atoms with van der Waals surface area (Å²) in [6.07, 6.45) is 2.70. The number of aliphatic carboxylic acids is 1. The zero-order valence-corrected chi connectivity index (χ0v) is 20.0. The molecule has 1 saturated heterocycles. The molecule has 0 bridgehead atoms. The maximum atomic E-state index is 13.0. The number of piperidine rings is 1. The van der Waals surface area contributed by atoms with Crippen LogP contribution in [0.3, 0.4) is 0 Å². The van der Waals surface area contributed by atoms with E-state index >= 15 is 0 Å². The van der Waals surface area contributed by atoms with Crippen molar-refractivity contribution < 1.29 is 24.2 Å². The van der Waals surface area contributed by atoms with Crippen molar-refractivity contribution in [1.82, 2.24) is 10.2 Å². The summed E-state index contributed by atoms with van der Waals surface area (Å²) < 4.78 is 5.60. The Balaban J connectivity index is 1.15. The lowest BCUT2D eigenvalue weighted by Crippen LogP contribution is -2.51. The molecule has 0 aromatic heterocycles. The predicted octanol–water partition coefficient (Wildman–Crippen LogP) is 4.41. The maximum Gasteiger partial charge on any atom is 0.407 e. The zero-order chi connectivity index (χ0) is 24.6. The average Bonchev–Trinajstić information content (AvgIpc) is 3.56. The van der Waals surface area contributed by atoms with Crippen LogP contribution in [0.5, 0.6) is 0 Å². The van der Waals surface area contributed by atoms with Gasteiger partial charge in [0.25, 0.3) is 0 Å². The molecule has 0 radical (unpaired) electrons. The van der Waals surface area contributed by atoms with Crippen LogP contribution in [0.4, 0.5) is 4.79 Å². The summed E-state index contributed by atoms with van der Waals surface area (Å²) in [5.74, 6) is -1.02. The van der Waals surface area contributed by atoms with Crippen molar-refractivity contribution in [3.05, 3.63) is 59.7 Å². The molecule has 7 nitrogen and oxygen atoms in total. The van der Waals surface area contributed by atoms with Gasteiger partial charge in [0.2, 0.25) is 5.91 Å².